The number of fused-ring (bicyclic) bond motifs is 2. The number of carbonyl (C=O) groups is 1. The summed E-state index contributed by atoms with van der Waals surface area (Å²) in [4.78, 5) is 29.5. The largest absolute Gasteiger partial charge is 0.493 e. The van der Waals surface area contributed by atoms with Crippen LogP contribution in [0.15, 0.2) is 52.3 Å². The van der Waals surface area contributed by atoms with Crippen LogP contribution in [0.1, 0.15) is 17.4 Å². The standard InChI is InChI=1S/C23H19N3O5S/c1-13-16(15-4-2-3-5-17(15)24-13)11-20-22(28)26(23(29)32-20)12-21(27)25-14-6-7-18-19(10-14)31-9-8-30-18/h2-7,10-11,28H,8-9,12H2,1H3,(H,25,27). The van der Waals surface area contributed by atoms with Crippen LogP contribution in [0.3, 0.4) is 0 Å². The molecule has 2 aliphatic heterocycles. The molecule has 2 aliphatic rings. The van der Waals surface area contributed by atoms with E-state index in [2.05, 4.69) is 10.3 Å². The number of anilines is 1. The number of nitrogens with zero attached hydrogens (tertiary/aromatic N) is 2. The summed E-state index contributed by atoms with van der Waals surface area (Å²) in [6, 6.07) is 12.7. The Kier molecular flexibility index (Phi) is 5.02. The van der Waals surface area contributed by atoms with Gasteiger partial charge in [0.1, 0.15) is 19.8 Å². The Morgan fingerprint density at radius 2 is 2.00 bits per heavy atom. The third-order valence-corrected chi connectivity index (χ3v) is 6.08. The van der Waals surface area contributed by atoms with Crippen LogP contribution in [0.4, 0.5) is 11.4 Å². The Bertz CT molecular complexity index is 1350. The summed E-state index contributed by atoms with van der Waals surface area (Å²) in [6.45, 7) is 2.48. The lowest BCUT2D eigenvalue weighted by Gasteiger charge is -2.19. The summed E-state index contributed by atoms with van der Waals surface area (Å²) in [5.74, 6) is 0.473. The van der Waals surface area contributed by atoms with Gasteiger partial charge in [0.05, 0.1) is 10.6 Å². The first-order chi connectivity index (χ1) is 15.5. The minimum absolute atomic E-state index is 0.248. The normalized spacial score (nSPS) is 15.4. The van der Waals surface area contributed by atoms with Gasteiger partial charge in [-0.3, -0.25) is 19.1 Å². The lowest BCUT2D eigenvalue weighted by atomic mass is 10.0. The zero-order chi connectivity index (χ0) is 22.2. The maximum atomic E-state index is 12.5. The SMILES string of the molecule is CC1=Nc2ccccc2C1=Cc1sc(=O)n(CC(=O)Nc2ccc3c(c2)OCCO3)c1O. The molecule has 162 valence electrons. The molecule has 0 bridgehead atoms. The van der Waals surface area contributed by atoms with Gasteiger partial charge in [-0.25, -0.2) is 0 Å². The topological polar surface area (TPSA) is 102 Å². The van der Waals surface area contributed by atoms with Crippen molar-refractivity contribution in [2.75, 3.05) is 18.5 Å². The second kappa shape index (κ2) is 8.01. The zero-order valence-corrected chi connectivity index (χ0v) is 17.9. The van der Waals surface area contributed by atoms with Crippen LogP contribution in [0.5, 0.6) is 17.4 Å². The first kappa shape index (κ1) is 20.1. The van der Waals surface area contributed by atoms with Crippen molar-refractivity contribution < 1.29 is 19.4 Å². The van der Waals surface area contributed by atoms with Gasteiger partial charge in [0.25, 0.3) is 0 Å². The van der Waals surface area contributed by atoms with E-state index in [0.29, 0.717) is 35.3 Å². The summed E-state index contributed by atoms with van der Waals surface area (Å²) in [5, 5.41) is 13.4. The summed E-state index contributed by atoms with van der Waals surface area (Å²) in [6.07, 6.45) is 1.74. The number of benzene rings is 2. The van der Waals surface area contributed by atoms with Crippen LogP contribution < -0.4 is 19.7 Å². The van der Waals surface area contributed by atoms with E-state index >= 15 is 0 Å². The molecule has 9 heteroatoms. The summed E-state index contributed by atoms with van der Waals surface area (Å²) in [5.41, 5.74) is 3.94. The minimum Gasteiger partial charge on any atom is -0.493 e. The van der Waals surface area contributed by atoms with E-state index in [-0.39, 0.29) is 12.4 Å². The molecule has 0 unspecified atom stereocenters. The average Bonchev–Trinajstić information content (AvgIpc) is 3.24. The molecule has 2 aromatic carbocycles. The highest BCUT2D eigenvalue weighted by atomic mass is 32.1. The Morgan fingerprint density at radius 3 is 2.84 bits per heavy atom. The zero-order valence-electron chi connectivity index (χ0n) is 17.1. The lowest BCUT2D eigenvalue weighted by Crippen LogP contribution is -2.24. The number of aromatic nitrogens is 1. The van der Waals surface area contributed by atoms with Crippen molar-refractivity contribution in [1.29, 1.82) is 0 Å². The van der Waals surface area contributed by atoms with Crippen LogP contribution >= 0.6 is 11.3 Å². The number of hydrogen-bond acceptors (Lipinski definition) is 7. The van der Waals surface area contributed by atoms with Gasteiger partial charge in [-0.2, -0.15) is 0 Å². The Morgan fingerprint density at radius 1 is 1.22 bits per heavy atom. The van der Waals surface area contributed by atoms with E-state index in [1.807, 2.05) is 31.2 Å². The van der Waals surface area contributed by atoms with Crippen LogP contribution in [-0.4, -0.2) is 34.5 Å². The van der Waals surface area contributed by atoms with Gasteiger partial charge in [0.15, 0.2) is 11.5 Å². The van der Waals surface area contributed by atoms with E-state index < -0.39 is 10.8 Å². The maximum Gasteiger partial charge on any atom is 0.311 e. The fourth-order valence-electron chi connectivity index (χ4n) is 3.66. The van der Waals surface area contributed by atoms with Crippen molar-refractivity contribution in [1.82, 2.24) is 4.57 Å². The van der Waals surface area contributed by atoms with Crippen LogP contribution in [-0.2, 0) is 11.3 Å². The average molecular weight is 449 g/mol. The van der Waals surface area contributed by atoms with Crippen molar-refractivity contribution >= 4 is 46.0 Å². The molecular formula is C23H19N3O5S. The third-order valence-electron chi connectivity index (χ3n) is 5.17. The highest BCUT2D eigenvalue weighted by Crippen LogP contribution is 2.37. The summed E-state index contributed by atoms with van der Waals surface area (Å²) >= 11 is 0.881. The molecular weight excluding hydrogens is 430 g/mol. The second-order valence-corrected chi connectivity index (χ2v) is 8.31. The molecule has 0 atom stereocenters. The molecule has 3 aromatic rings. The molecule has 0 saturated carbocycles. The van der Waals surface area contributed by atoms with Crippen molar-refractivity contribution in [3.8, 4) is 17.4 Å². The molecule has 0 saturated heterocycles. The molecule has 0 radical (unpaired) electrons. The van der Waals surface area contributed by atoms with Crippen molar-refractivity contribution in [2.24, 2.45) is 4.99 Å². The van der Waals surface area contributed by atoms with Gasteiger partial charge >= 0.3 is 4.87 Å². The van der Waals surface area contributed by atoms with Gasteiger partial charge in [0, 0.05) is 28.6 Å². The predicted octanol–water partition coefficient (Wildman–Crippen LogP) is 3.67. The molecule has 2 N–H and O–H groups in total. The van der Waals surface area contributed by atoms with Gasteiger partial charge in [-0.1, -0.05) is 29.5 Å². The van der Waals surface area contributed by atoms with Crippen LogP contribution in [0.2, 0.25) is 0 Å². The van der Waals surface area contributed by atoms with Gasteiger partial charge in [-0.05, 0) is 31.2 Å². The molecule has 5 rings (SSSR count). The first-order valence-corrected chi connectivity index (χ1v) is 10.8. The lowest BCUT2D eigenvalue weighted by molar-refractivity contribution is -0.116. The number of nitrogens with one attached hydrogen (secondary N) is 1. The quantitative estimate of drug-likeness (QED) is 0.633. The number of thiazole rings is 1. The fourth-order valence-corrected chi connectivity index (χ4v) is 4.49. The Hall–Kier alpha value is -3.85. The number of allylic oxidation sites excluding steroid dienone is 1. The molecule has 1 amide bonds. The number of rotatable bonds is 4. The number of amides is 1. The molecule has 0 fully saturated rings. The summed E-state index contributed by atoms with van der Waals surface area (Å²) in [7, 11) is 0. The minimum atomic E-state index is -0.444. The molecule has 8 nitrogen and oxygen atoms in total. The fraction of sp³-hybridized carbons (Fsp3) is 0.174. The molecule has 0 spiro atoms. The maximum absolute atomic E-state index is 12.5. The van der Waals surface area contributed by atoms with Gasteiger partial charge in [-0.15, -0.1) is 0 Å². The predicted molar refractivity (Wildman–Crippen MR) is 123 cm³/mol. The van der Waals surface area contributed by atoms with Crippen LogP contribution in [0, 0.1) is 0 Å². The van der Waals surface area contributed by atoms with E-state index in [9.17, 15) is 14.7 Å². The van der Waals surface area contributed by atoms with Crippen molar-refractivity contribution in [3.05, 3.63) is 62.6 Å². The Labute approximate surface area is 187 Å². The number of para-hydroxylation sites is 1. The number of aliphatic imine (C=N–C) groups is 1. The highest BCUT2D eigenvalue weighted by molar-refractivity contribution is 7.10. The number of hydrogen-bond donors (Lipinski definition) is 2. The highest BCUT2D eigenvalue weighted by Gasteiger charge is 2.21. The smallest absolute Gasteiger partial charge is 0.311 e. The second-order valence-electron chi connectivity index (χ2n) is 7.32. The first-order valence-electron chi connectivity index (χ1n) is 9.98. The molecule has 0 aliphatic carbocycles. The van der Waals surface area contributed by atoms with E-state index in [1.54, 1.807) is 24.3 Å². The van der Waals surface area contributed by atoms with Crippen molar-refractivity contribution in [3.63, 3.8) is 0 Å². The molecule has 3 heterocycles. The third kappa shape index (κ3) is 3.67. The number of ether oxygens (including phenoxy) is 2. The van der Waals surface area contributed by atoms with Gasteiger partial charge in [0.2, 0.25) is 11.8 Å². The monoisotopic (exact) mass is 449 g/mol. The van der Waals surface area contributed by atoms with Crippen molar-refractivity contribution in [2.45, 2.75) is 13.5 Å². The molecule has 32 heavy (non-hydrogen) atoms. The number of aromatic hydroxyl groups is 1. The summed E-state index contributed by atoms with van der Waals surface area (Å²) < 4.78 is 12.0. The van der Waals surface area contributed by atoms with E-state index in [1.165, 1.54) is 0 Å². The van der Waals surface area contributed by atoms with E-state index in [4.69, 9.17) is 9.47 Å². The van der Waals surface area contributed by atoms with Crippen LogP contribution in [0.25, 0.3) is 11.6 Å². The van der Waals surface area contributed by atoms with Gasteiger partial charge < -0.3 is 19.9 Å². The van der Waals surface area contributed by atoms with E-state index in [0.717, 1.165) is 38.4 Å². The molecule has 1 aromatic heterocycles. The number of carbonyl (C=O) groups excluding carboxylic acids is 1. The Balaban J connectivity index is 1.36.